The number of thiazole rings is 1. The maximum atomic E-state index is 11.9. The average Bonchev–Trinajstić information content (AvgIpc) is 2.91. The molecular formula is C14H18N2O2S. The maximum Gasteiger partial charge on any atom is 0.254 e. The van der Waals surface area contributed by atoms with E-state index in [1.807, 2.05) is 11.4 Å². The fourth-order valence-electron chi connectivity index (χ4n) is 1.74. The zero-order chi connectivity index (χ0) is 13.5. The van der Waals surface area contributed by atoms with Crippen molar-refractivity contribution in [3.05, 3.63) is 45.3 Å². The summed E-state index contributed by atoms with van der Waals surface area (Å²) in [6.45, 7) is 3.33. The van der Waals surface area contributed by atoms with Gasteiger partial charge in [0.1, 0.15) is 5.75 Å². The van der Waals surface area contributed by atoms with Crippen molar-refractivity contribution in [2.24, 2.45) is 0 Å². The van der Waals surface area contributed by atoms with Crippen molar-refractivity contribution in [1.29, 1.82) is 0 Å². The van der Waals surface area contributed by atoms with E-state index in [-0.39, 0.29) is 5.56 Å². The van der Waals surface area contributed by atoms with Crippen LogP contribution in [0.25, 0.3) is 0 Å². The van der Waals surface area contributed by atoms with Gasteiger partial charge in [-0.3, -0.25) is 4.79 Å². The largest absolute Gasteiger partial charge is 0.493 e. The van der Waals surface area contributed by atoms with Gasteiger partial charge in [-0.15, -0.1) is 11.3 Å². The van der Waals surface area contributed by atoms with E-state index in [1.54, 1.807) is 16.3 Å². The Morgan fingerprint density at radius 3 is 3.00 bits per heavy atom. The van der Waals surface area contributed by atoms with Gasteiger partial charge in [-0.05, 0) is 12.5 Å². The molecule has 102 valence electrons. The Bertz CT molecular complexity index is 549. The molecular weight excluding hydrogens is 260 g/mol. The summed E-state index contributed by atoms with van der Waals surface area (Å²) in [5.41, 5.74) is 2.62. The van der Waals surface area contributed by atoms with E-state index in [0.717, 1.165) is 18.5 Å². The van der Waals surface area contributed by atoms with E-state index >= 15 is 0 Å². The van der Waals surface area contributed by atoms with Crippen LogP contribution in [-0.4, -0.2) is 16.2 Å². The minimum atomic E-state index is -0.0546. The van der Waals surface area contributed by atoms with Gasteiger partial charge in [0.15, 0.2) is 0 Å². The quantitative estimate of drug-likeness (QED) is 0.731. The summed E-state index contributed by atoms with van der Waals surface area (Å²) in [6, 6.07) is 3.37. The highest BCUT2D eigenvalue weighted by Gasteiger charge is 2.02. The maximum absolute atomic E-state index is 11.9. The Kier molecular flexibility index (Phi) is 5.15. The number of unbranched alkanes of at least 4 members (excludes halogenated alkanes) is 2. The first-order valence-electron chi connectivity index (χ1n) is 6.50. The lowest BCUT2D eigenvalue weighted by Crippen LogP contribution is -2.19. The van der Waals surface area contributed by atoms with Crippen LogP contribution in [0.3, 0.4) is 0 Å². The Hall–Kier alpha value is -1.62. The normalized spacial score (nSPS) is 10.6. The van der Waals surface area contributed by atoms with Crippen molar-refractivity contribution in [1.82, 2.24) is 9.55 Å². The van der Waals surface area contributed by atoms with E-state index in [4.69, 9.17) is 4.74 Å². The number of hydrogen-bond acceptors (Lipinski definition) is 4. The van der Waals surface area contributed by atoms with Crippen molar-refractivity contribution in [2.45, 2.75) is 32.7 Å². The van der Waals surface area contributed by atoms with Gasteiger partial charge in [0.25, 0.3) is 5.56 Å². The van der Waals surface area contributed by atoms with Crippen molar-refractivity contribution in [2.75, 3.05) is 6.61 Å². The van der Waals surface area contributed by atoms with Crippen LogP contribution >= 0.6 is 11.3 Å². The van der Waals surface area contributed by atoms with Crippen molar-refractivity contribution in [3.8, 4) is 5.75 Å². The molecule has 0 amide bonds. The third-order valence-electron chi connectivity index (χ3n) is 2.80. The van der Waals surface area contributed by atoms with Crippen molar-refractivity contribution in [3.63, 3.8) is 0 Å². The molecule has 0 aliphatic rings. The molecule has 0 fully saturated rings. The van der Waals surface area contributed by atoms with Gasteiger partial charge < -0.3 is 9.30 Å². The summed E-state index contributed by atoms with van der Waals surface area (Å²) >= 11 is 1.53. The number of hydrogen-bond donors (Lipinski definition) is 0. The SMILES string of the molecule is CCCCCOc1ccn(Cc2cscn2)c(=O)c1. The monoisotopic (exact) mass is 278 g/mol. The van der Waals surface area contributed by atoms with Crippen LogP contribution in [-0.2, 0) is 6.54 Å². The molecule has 0 radical (unpaired) electrons. The molecule has 2 aromatic rings. The van der Waals surface area contributed by atoms with Crippen LogP contribution in [0.5, 0.6) is 5.75 Å². The first-order chi connectivity index (χ1) is 9.29. The molecule has 4 nitrogen and oxygen atoms in total. The second-order valence-corrected chi connectivity index (χ2v) is 5.08. The highest BCUT2D eigenvalue weighted by molar-refractivity contribution is 7.07. The lowest BCUT2D eigenvalue weighted by atomic mass is 10.3. The molecule has 0 bridgehead atoms. The van der Waals surface area contributed by atoms with Crippen LogP contribution < -0.4 is 10.3 Å². The average molecular weight is 278 g/mol. The molecule has 0 aromatic carbocycles. The van der Waals surface area contributed by atoms with Gasteiger partial charge in [-0.2, -0.15) is 0 Å². The summed E-state index contributed by atoms with van der Waals surface area (Å²) in [7, 11) is 0. The molecule has 0 N–H and O–H groups in total. The molecule has 0 saturated heterocycles. The van der Waals surface area contributed by atoms with Crippen LogP contribution in [0.1, 0.15) is 31.9 Å². The summed E-state index contributed by atoms with van der Waals surface area (Å²) in [5.74, 6) is 0.649. The Morgan fingerprint density at radius 1 is 1.42 bits per heavy atom. The fraction of sp³-hybridized carbons (Fsp3) is 0.429. The zero-order valence-corrected chi connectivity index (χ0v) is 11.9. The van der Waals surface area contributed by atoms with Crippen molar-refractivity contribution < 1.29 is 4.74 Å². The van der Waals surface area contributed by atoms with Gasteiger partial charge in [-0.1, -0.05) is 19.8 Å². The molecule has 0 saturated carbocycles. The van der Waals surface area contributed by atoms with E-state index in [0.29, 0.717) is 18.9 Å². The third kappa shape index (κ3) is 4.21. The lowest BCUT2D eigenvalue weighted by molar-refractivity contribution is 0.305. The summed E-state index contributed by atoms with van der Waals surface area (Å²) in [5, 5.41) is 1.95. The van der Waals surface area contributed by atoms with Crippen LogP contribution in [0.15, 0.2) is 34.0 Å². The smallest absolute Gasteiger partial charge is 0.254 e. The van der Waals surface area contributed by atoms with E-state index in [9.17, 15) is 4.79 Å². The fourth-order valence-corrected chi connectivity index (χ4v) is 2.29. The summed E-state index contributed by atoms with van der Waals surface area (Å²) < 4.78 is 7.19. The van der Waals surface area contributed by atoms with Gasteiger partial charge in [0, 0.05) is 17.6 Å². The Morgan fingerprint density at radius 2 is 2.32 bits per heavy atom. The molecule has 0 aliphatic heterocycles. The highest BCUT2D eigenvalue weighted by atomic mass is 32.1. The van der Waals surface area contributed by atoms with Crippen LogP contribution in [0.2, 0.25) is 0 Å². The second-order valence-electron chi connectivity index (χ2n) is 4.36. The molecule has 5 heteroatoms. The number of rotatable bonds is 7. The van der Waals surface area contributed by atoms with Gasteiger partial charge >= 0.3 is 0 Å². The molecule has 0 unspecified atom stereocenters. The van der Waals surface area contributed by atoms with E-state index in [1.165, 1.54) is 23.8 Å². The highest BCUT2D eigenvalue weighted by Crippen LogP contribution is 2.08. The zero-order valence-electron chi connectivity index (χ0n) is 11.0. The third-order valence-corrected chi connectivity index (χ3v) is 3.44. The van der Waals surface area contributed by atoms with Crippen LogP contribution in [0.4, 0.5) is 0 Å². The summed E-state index contributed by atoms with van der Waals surface area (Å²) in [6.07, 6.45) is 5.11. The number of aromatic nitrogens is 2. The minimum Gasteiger partial charge on any atom is -0.493 e. The molecule has 0 aliphatic carbocycles. The molecule has 2 rings (SSSR count). The number of ether oxygens (including phenoxy) is 1. The molecule has 0 atom stereocenters. The van der Waals surface area contributed by atoms with Gasteiger partial charge in [0.2, 0.25) is 0 Å². The molecule has 0 spiro atoms. The second kappa shape index (κ2) is 7.09. The molecule has 2 aromatic heterocycles. The van der Waals surface area contributed by atoms with E-state index < -0.39 is 0 Å². The Labute approximate surface area is 116 Å². The first-order valence-corrected chi connectivity index (χ1v) is 7.44. The molecule has 19 heavy (non-hydrogen) atoms. The lowest BCUT2D eigenvalue weighted by Gasteiger charge is -2.07. The minimum absolute atomic E-state index is 0.0546. The number of pyridine rings is 1. The van der Waals surface area contributed by atoms with Crippen molar-refractivity contribution >= 4 is 11.3 Å². The van der Waals surface area contributed by atoms with E-state index in [2.05, 4.69) is 11.9 Å². The Balaban J connectivity index is 1.95. The van der Waals surface area contributed by atoms with Gasteiger partial charge in [0.05, 0.1) is 24.4 Å². The van der Waals surface area contributed by atoms with Crippen LogP contribution in [0, 0.1) is 0 Å². The first kappa shape index (κ1) is 13.8. The summed E-state index contributed by atoms with van der Waals surface area (Å²) in [4.78, 5) is 16.1. The molecule has 2 heterocycles. The predicted octanol–water partition coefficient (Wildman–Crippen LogP) is 2.92. The predicted molar refractivity (Wildman–Crippen MR) is 76.9 cm³/mol. The standard InChI is InChI=1S/C14H18N2O2S/c1-2-3-4-7-18-13-5-6-16(14(17)8-13)9-12-10-19-11-15-12/h5-6,8,10-11H,2-4,7,9H2,1H3. The number of nitrogens with zero attached hydrogens (tertiary/aromatic N) is 2. The topological polar surface area (TPSA) is 44.1 Å². The van der Waals surface area contributed by atoms with Gasteiger partial charge in [-0.25, -0.2) is 4.98 Å².